The third-order valence-electron chi connectivity index (χ3n) is 5.08. The summed E-state index contributed by atoms with van der Waals surface area (Å²) < 4.78 is 27.1. The first-order valence-corrected chi connectivity index (χ1v) is 11.8. The van der Waals surface area contributed by atoms with Gasteiger partial charge in [-0.1, -0.05) is 17.7 Å². The largest absolute Gasteiger partial charge is 0.370 e. The van der Waals surface area contributed by atoms with Crippen molar-refractivity contribution in [3.8, 4) is 0 Å². The second kappa shape index (κ2) is 11.6. The van der Waals surface area contributed by atoms with E-state index in [0.29, 0.717) is 45.1 Å². The number of hydrogen-bond acceptors (Lipinski definition) is 6. The highest BCUT2D eigenvalue weighted by Gasteiger charge is 2.35. The summed E-state index contributed by atoms with van der Waals surface area (Å²) in [6, 6.07) is 4.76. The van der Waals surface area contributed by atoms with Crippen molar-refractivity contribution >= 4 is 34.1 Å². The molecule has 1 aliphatic heterocycles. The number of carbonyl (C=O) groups is 3. The fraction of sp³-hybridized carbons (Fsp3) is 0.500. The Morgan fingerprint density at radius 1 is 1.28 bits per heavy atom. The number of likely N-dealkylation sites (tertiary alicyclic amines) is 1. The SMILES string of the molecule is Cc1ccc(S(=O)(=O)NCC(=O)N2CCC[C@H]2C(=O)N[C@H](C=O)CCCN=C(N)N)cc1. The van der Waals surface area contributed by atoms with Gasteiger partial charge in [0.15, 0.2) is 5.96 Å². The van der Waals surface area contributed by atoms with Crippen LogP contribution in [0.3, 0.4) is 0 Å². The van der Waals surface area contributed by atoms with Crippen molar-refractivity contribution < 1.29 is 22.8 Å². The van der Waals surface area contributed by atoms with Crippen LogP contribution in [0.4, 0.5) is 0 Å². The summed E-state index contributed by atoms with van der Waals surface area (Å²) in [5.41, 5.74) is 11.4. The van der Waals surface area contributed by atoms with E-state index < -0.39 is 40.5 Å². The topological polar surface area (TPSA) is 177 Å². The van der Waals surface area contributed by atoms with Gasteiger partial charge in [0, 0.05) is 13.1 Å². The van der Waals surface area contributed by atoms with Crippen molar-refractivity contribution in [2.24, 2.45) is 16.5 Å². The van der Waals surface area contributed by atoms with Gasteiger partial charge in [0.1, 0.15) is 12.3 Å². The van der Waals surface area contributed by atoms with Gasteiger partial charge in [-0.25, -0.2) is 13.1 Å². The van der Waals surface area contributed by atoms with E-state index in [2.05, 4.69) is 15.0 Å². The predicted octanol–water partition coefficient (Wildman–Crippen LogP) is -0.998. The minimum Gasteiger partial charge on any atom is -0.370 e. The number of guanidine groups is 1. The van der Waals surface area contributed by atoms with Crippen LogP contribution in [0.1, 0.15) is 31.2 Å². The van der Waals surface area contributed by atoms with Gasteiger partial charge < -0.3 is 26.5 Å². The minimum atomic E-state index is -3.85. The molecule has 2 amide bonds. The molecule has 11 nitrogen and oxygen atoms in total. The van der Waals surface area contributed by atoms with Crippen LogP contribution < -0.4 is 21.5 Å². The molecule has 1 aliphatic rings. The monoisotopic (exact) mass is 466 g/mol. The van der Waals surface area contributed by atoms with Gasteiger partial charge in [0.25, 0.3) is 0 Å². The Labute approximate surface area is 187 Å². The van der Waals surface area contributed by atoms with E-state index in [1.165, 1.54) is 17.0 Å². The number of aldehydes is 1. The Kier molecular flexibility index (Phi) is 9.14. The van der Waals surface area contributed by atoms with Crippen molar-refractivity contribution in [1.29, 1.82) is 0 Å². The van der Waals surface area contributed by atoms with Crippen LogP contribution in [0.5, 0.6) is 0 Å². The Morgan fingerprint density at radius 3 is 2.59 bits per heavy atom. The van der Waals surface area contributed by atoms with Crippen LogP contribution in [0, 0.1) is 6.92 Å². The number of sulfonamides is 1. The molecule has 1 aromatic rings. The van der Waals surface area contributed by atoms with E-state index in [1.807, 2.05) is 6.92 Å². The maximum absolute atomic E-state index is 12.7. The molecular weight excluding hydrogens is 436 g/mol. The third-order valence-corrected chi connectivity index (χ3v) is 6.50. The van der Waals surface area contributed by atoms with E-state index in [0.717, 1.165) is 5.56 Å². The van der Waals surface area contributed by atoms with Crippen LogP contribution in [-0.2, 0) is 24.4 Å². The second-order valence-electron chi connectivity index (χ2n) is 7.58. The Balaban J connectivity index is 1.91. The average Bonchev–Trinajstić information content (AvgIpc) is 3.24. The number of nitrogens with zero attached hydrogens (tertiary/aromatic N) is 2. The molecule has 1 aromatic carbocycles. The number of nitrogens with one attached hydrogen (secondary N) is 2. The molecule has 0 saturated carbocycles. The summed E-state index contributed by atoms with van der Waals surface area (Å²) in [5, 5.41) is 2.63. The van der Waals surface area contributed by atoms with Crippen LogP contribution in [0.15, 0.2) is 34.2 Å². The number of carbonyl (C=O) groups excluding carboxylic acids is 3. The van der Waals surface area contributed by atoms with Crippen molar-refractivity contribution in [2.45, 2.75) is 49.6 Å². The van der Waals surface area contributed by atoms with Crippen LogP contribution >= 0.6 is 0 Å². The molecule has 32 heavy (non-hydrogen) atoms. The fourth-order valence-electron chi connectivity index (χ4n) is 3.37. The first-order chi connectivity index (χ1) is 15.1. The molecule has 176 valence electrons. The molecule has 0 radical (unpaired) electrons. The summed E-state index contributed by atoms with van der Waals surface area (Å²) in [5.74, 6) is -1.00. The lowest BCUT2D eigenvalue weighted by atomic mass is 10.1. The Bertz CT molecular complexity index is 944. The number of nitrogens with two attached hydrogens (primary N) is 2. The van der Waals surface area contributed by atoms with E-state index in [1.54, 1.807) is 12.1 Å². The highest BCUT2D eigenvalue weighted by atomic mass is 32.2. The van der Waals surface area contributed by atoms with Crippen LogP contribution in [0.25, 0.3) is 0 Å². The van der Waals surface area contributed by atoms with Gasteiger partial charge in [-0.2, -0.15) is 0 Å². The summed E-state index contributed by atoms with van der Waals surface area (Å²) in [7, 11) is -3.85. The first-order valence-electron chi connectivity index (χ1n) is 10.3. The molecule has 0 aromatic heterocycles. The van der Waals surface area contributed by atoms with Gasteiger partial charge in [-0.3, -0.25) is 14.6 Å². The molecule has 6 N–H and O–H groups in total. The zero-order valence-corrected chi connectivity index (χ0v) is 18.8. The van der Waals surface area contributed by atoms with Gasteiger partial charge >= 0.3 is 0 Å². The molecular formula is C20H30N6O5S. The predicted molar refractivity (Wildman–Crippen MR) is 119 cm³/mol. The molecule has 2 rings (SSSR count). The summed E-state index contributed by atoms with van der Waals surface area (Å²) in [6.45, 7) is 2.04. The van der Waals surface area contributed by atoms with Gasteiger partial charge in [0.05, 0.1) is 17.5 Å². The van der Waals surface area contributed by atoms with Gasteiger partial charge in [0.2, 0.25) is 21.8 Å². The van der Waals surface area contributed by atoms with E-state index in [-0.39, 0.29) is 10.9 Å². The highest BCUT2D eigenvalue weighted by molar-refractivity contribution is 7.89. The van der Waals surface area contributed by atoms with Crippen molar-refractivity contribution in [3.63, 3.8) is 0 Å². The van der Waals surface area contributed by atoms with Crippen molar-refractivity contribution in [2.75, 3.05) is 19.6 Å². The molecule has 0 spiro atoms. The minimum absolute atomic E-state index is 0.0465. The molecule has 0 unspecified atom stereocenters. The van der Waals surface area contributed by atoms with E-state index in [9.17, 15) is 22.8 Å². The molecule has 12 heteroatoms. The number of aliphatic imine (C=N–C) groups is 1. The number of rotatable bonds is 11. The maximum Gasteiger partial charge on any atom is 0.243 e. The second-order valence-corrected chi connectivity index (χ2v) is 9.35. The lowest BCUT2D eigenvalue weighted by Crippen LogP contribution is -2.51. The van der Waals surface area contributed by atoms with Gasteiger partial charge in [-0.05, 0) is 44.7 Å². The average molecular weight is 467 g/mol. The van der Waals surface area contributed by atoms with Crippen molar-refractivity contribution in [1.82, 2.24) is 14.9 Å². The maximum atomic E-state index is 12.7. The number of amides is 2. The zero-order valence-electron chi connectivity index (χ0n) is 18.0. The van der Waals surface area contributed by atoms with Crippen molar-refractivity contribution in [3.05, 3.63) is 29.8 Å². The number of benzene rings is 1. The Hall–Kier alpha value is -2.99. The summed E-state index contributed by atoms with van der Waals surface area (Å²) in [6.07, 6.45) is 2.51. The van der Waals surface area contributed by atoms with Crippen LogP contribution in [0.2, 0.25) is 0 Å². The molecule has 1 heterocycles. The normalized spacial score (nSPS) is 16.9. The lowest BCUT2D eigenvalue weighted by Gasteiger charge is -2.25. The molecule has 0 bridgehead atoms. The van der Waals surface area contributed by atoms with E-state index in [4.69, 9.17) is 11.5 Å². The number of hydrogen-bond donors (Lipinski definition) is 4. The standard InChI is InChI=1S/C20H30N6O5S/c1-14-6-8-16(9-7-14)32(30,31)24-12-18(28)26-11-3-5-17(26)19(29)25-15(13-27)4-2-10-23-20(21)22/h6-9,13,15,17,24H,2-5,10-12H2,1H3,(H,25,29)(H4,21,22,23)/t15-,17-/m0/s1. The quantitative estimate of drug-likeness (QED) is 0.140. The number of aryl methyl sites for hydroxylation is 1. The smallest absolute Gasteiger partial charge is 0.243 e. The highest BCUT2D eigenvalue weighted by Crippen LogP contribution is 2.18. The zero-order chi connectivity index (χ0) is 23.7. The molecule has 0 aliphatic carbocycles. The third kappa shape index (κ3) is 7.31. The summed E-state index contributed by atoms with van der Waals surface area (Å²) >= 11 is 0. The molecule has 2 atom stereocenters. The Morgan fingerprint density at radius 2 is 1.97 bits per heavy atom. The lowest BCUT2D eigenvalue weighted by molar-refractivity contribution is -0.138. The first kappa shape index (κ1) is 25.3. The van der Waals surface area contributed by atoms with Gasteiger partial charge in [-0.15, -0.1) is 0 Å². The fourth-order valence-corrected chi connectivity index (χ4v) is 4.34. The summed E-state index contributed by atoms with van der Waals surface area (Å²) in [4.78, 5) is 41.8. The molecule has 1 fully saturated rings. The van der Waals surface area contributed by atoms with Crippen LogP contribution in [-0.4, -0.2) is 69.1 Å². The molecule has 1 saturated heterocycles. The van der Waals surface area contributed by atoms with E-state index >= 15 is 0 Å².